The topological polar surface area (TPSA) is 27.7 Å². The Bertz CT molecular complexity index is 836. The van der Waals surface area contributed by atoms with E-state index < -0.39 is 8.32 Å². The van der Waals surface area contributed by atoms with Gasteiger partial charge in [0.15, 0.2) is 0 Å². The molecule has 1 fully saturated rings. The molecule has 0 aromatic heterocycles. The summed E-state index contributed by atoms with van der Waals surface area (Å²) in [5, 5.41) is 2.53. The molecule has 1 aliphatic heterocycles. The molecule has 0 spiro atoms. The first-order valence-corrected chi connectivity index (χ1v) is 12.7. The van der Waals surface area contributed by atoms with Crippen LogP contribution in [0.1, 0.15) is 48.5 Å². The molecule has 1 aliphatic rings. The van der Waals surface area contributed by atoms with Crippen molar-refractivity contribution < 1.29 is 13.7 Å². The van der Waals surface area contributed by atoms with E-state index in [0.717, 1.165) is 11.2 Å². The lowest BCUT2D eigenvalue weighted by Crippen LogP contribution is -2.43. The molecule has 0 saturated carbocycles. The maximum absolute atomic E-state index is 6.45. The van der Waals surface area contributed by atoms with Gasteiger partial charge in [0, 0.05) is 0 Å². The number of hydrogen-bond donors (Lipinski definition) is 0. The van der Waals surface area contributed by atoms with Gasteiger partial charge in [0.2, 0.25) is 8.32 Å². The predicted octanol–water partition coefficient (Wildman–Crippen LogP) is 5.52. The zero-order valence-electron chi connectivity index (χ0n) is 18.3. The van der Waals surface area contributed by atoms with Gasteiger partial charge < -0.3 is 13.7 Å². The quantitative estimate of drug-likeness (QED) is 0.652. The summed E-state index contributed by atoms with van der Waals surface area (Å²) in [5.41, 5.74) is 0.403. The number of benzene rings is 2. The summed E-state index contributed by atoms with van der Waals surface area (Å²) in [5.74, 6) is 0.956. The Kier molecular flexibility index (Phi) is 4.82. The summed E-state index contributed by atoms with van der Waals surface area (Å²) in [4.78, 5) is 0. The molecule has 0 aliphatic carbocycles. The van der Waals surface area contributed by atoms with Crippen molar-refractivity contribution in [3.63, 3.8) is 0 Å². The van der Waals surface area contributed by atoms with Crippen LogP contribution in [0, 0.1) is 0 Å². The van der Waals surface area contributed by atoms with E-state index in [1.54, 1.807) is 0 Å². The fraction of sp³-hybridized carbons (Fsp3) is 0.545. The minimum atomic E-state index is -1.84. The smallest absolute Gasteiger partial charge is 0.494 e. The summed E-state index contributed by atoms with van der Waals surface area (Å²) >= 11 is 0. The van der Waals surface area contributed by atoms with Crippen LogP contribution in [0.5, 0.6) is 5.75 Å². The van der Waals surface area contributed by atoms with E-state index in [-0.39, 0.29) is 23.4 Å². The van der Waals surface area contributed by atoms with Crippen molar-refractivity contribution in [3.05, 3.63) is 36.4 Å². The maximum atomic E-state index is 6.45. The van der Waals surface area contributed by atoms with Crippen LogP contribution in [0.4, 0.5) is 0 Å². The Morgan fingerprint density at radius 3 is 1.93 bits per heavy atom. The van der Waals surface area contributed by atoms with Gasteiger partial charge in [0.1, 0.15) is 5.75 Å². The van der Waals surface area contributed by atoms with E-state index in [9.17, 15) is 0 Å². The highest BCUT2D eigenvalue weighted by Gasteiger charge is 2.51. The Labute approximate surface area is 165 Å². The highest BCUT2D eigenvalue weighted by Crippen LogP contribution is 2.38. The van der Waals surface area contributed by atoms with E-state index in [1.807, 2.05) is 0 Å². The van der Waals surface area contributed by atoms with Gasteiger partial charge in [-0.25, -0.2) is 0 Å². The third-order valence-electron chi connectivity index (χ3n) is 6.54. The summed E-state index contributed by atoms with van der Waals surface area (Å²) in [7, 11) is -2.17. The van der Waals surface area contributed by atoms with E-state index >= 15 is 0 Å². The van der Waals surface area contributed by atoms with E-state index in [2.05, 4.69) is 98.0 Å². The monoisotopic (exact) mass is 384 g/mol. The van der Waals surface area contributed by atoms with Crippen LogP contribution < -0.4 is 9.89 Å². The molecule has 2 aromatic rings. The third-order valence-corrected chi connectivity index (χ3v) is 10.9. The van der Waals surface area contributed by atoms with Crippen LogP contribution in [0.25, 0.3) is 10.8 Å². The first-order valence-electron chi connectivity index (χ1n) is 9.80. The molecule has 3 nitrogen and oxygen atoms in total. The second-order valence-electron chi connectivity index (χ2n) is 10.2. The largest absolute Gasteiger partial charge is 0.543 e. The Morgan fingerprint density at radius 1 is 0.852 bits per heavy atom. The number of hydrogen-bond acceptors (Lipinski definition) is 3. The second-order valence-corrected chi connectivity index (χ2v) is 14.9. The van der Waals surface area contributed by atoms with E-state index in [4.69, 9.17) is 13.7 Å². The Balaban J connectivity index is 1.87. The highest BCUT2D eigenvalue weighted by atomic mass is 28.4. The zero-order valence-corrected chi connectivity index (χ0v) is 19.3. The SMILES string of the molecule is CC1(C)OB(c2ccc3cc(O[Si](C)(C)C(C)(C)C)ccc3c2)OC1(C)C. The molecular weight excluding hydrogens is 351 g/mol. The summed E-state index contributed by atoms with van der Waals surface area (Å²) in [6.07, 6.45) is 0. The van der Waals surface area contributed by atoms with E-state index in [0.29, 0.717) is 0 Å². The van der Waals surface area contributed by atoms with Gasteiger partial charge in [-0.3, -0.25) is 0 Å². The first kappa shape index (κ1) is 20.4. The molecule has 0 radical (unpaired) electrons. The molecule has 2 aromatic carbocycles. The molecule has 0 amide bonds. The van der Waals surface area contributed by atoms with Crippen molar-refractivity contribution in [2.45, 2.75) is 77.8 Å². The van der Waals surface area contributed by atoms with Crippen molar-refractivity contribution in [1.29, 1.82) is 0 Å². The maximum Gasteiger partial charge on any atom is 0.494 e. The van der Waals surface area contributed by atoms with Crippen LogP contribution in [-0.4, -0.2) is 26.6 Å². The molecule has 0 atom stereocenters. The van der Waals surface area contributed by atoms with E-state index in [1.165, 1.54) is 10.8 Å². The van der Waals surface area contributed by atoms with Crippen molar-refractivity contribution in [2.24, 2.45) is 0 Å². The summed E-state index contributed by atoms with van der Waals surface area (Å²) in [6, 6.07) is 12.7. The van der Waals surface area contributed by atoms with Crippen LogP contribution >= 0.6 is 0 Å². The van der Waals surface area contributed by atoms with Crippen molar-refractivity contribution >= 4 is 31.7 Å². The van der Waals surface area contributed by atoms with Crippen LogP contribution in [0.3, 0.4) is 0 Å². The lowest BCUT2D eigenvalue weighted by molar-refractivity contribution is 0.00578. The lowest BCUT2D eigenvalue weighted by atomic mass is 9.78. The average Bonchev–Trinajstić information content (AvgIpc) is 2.73. The van der Waals surface area contributed by atoms with Crippen molar-refractivity contribution in [3.8, 4) is 5.75 Å². The van der Waals surface area contributed by atoms with Gasteiger partial charge in [0.25, 0.3) is 0 Å². The normalized spacial score (nSPS) is 19.5. The van der Waals surface area contributed by atoms with Gasteiger partial charge in [-0.1, -0.05) is 45.0 Å². The minimum absolute atomic E-state index is 0.183. The third kappa shape index (κ3) is 3.82. The molecule has 0 bridgehead atoms. The molecular formula is C22H33BO3Si. The molecule has 3 rings (SSSR count). The summed E-state index contributed by atoms with van der Waals surface area (Å²) < 4.78 is 18.8. The molecule has 5 heteroatoms. The predicted molar refractivity (Wildman–Crippen MR) is 117 cm³/mol. The van der Waals surface area contributed by atoms with Gasteiger partial charge in [0.05, 0.1) is 11.2 Å². The molecule has 0 N–H and O–H groups in total. The highest BCUT2D eigenvalue weighted by molar-refractivity contribution is 6.74. The fourth-order valence-electron chi connectivity index (χ4n) is 2.88. The van der Waals surface area contributed by atoms with Crippen molar-refractivity contribution in [2.75, 3.05) is 0 Å². The fourth-order valence-corrected chi connectivity index (χ4v) is 3.90. The lowest BCUT2D eigenvalue weighted by Gasteiger charge is -2.36. The Morgan fingerprint density at radius 2 is 1.37 bits per heavy atom. The number of rotatable bonds is 3. The van der Waals surface area contributed by atoms with Gasteiger partial charge in [-0.05, 0) is 74.2 Å². The zero-order chi connectivity index (χ0) is 20.3. The van der Waals surface area contributed by atoms with Gasteiger partial charge >= 0.3 is 7.12 Å². The molecule has 146 valence electrons. The minimum Gasteiger partial charge on any atom is -0.543 e. The molecule has 0 unspecified atom stereocenters. The van der Waals surface area contributed by atoms with Crippen LogP contribution in [0.2, 0.25) is 18.1 Å². The van der Waals surface area contributed by atoms with Crippen LogP contribution in [-0.2, 0) is 9.31 Å². The molecule has 27 heavy (non-hydrogen) atoms. The van der Waals surface area contributed by atoms with Gasteiger partial charge in [-0.15, -0.1) is 0 Å². The Hall–Kier alpha value is -1.30. The average molecular weight is 384 g/mol. The molecule has 1 heterocycles. The molecule has 1 saturated heterocycles. The second kappa shape index (κ2) is 6.36. The first-order chi connectivity index (χ1) is 12.2. The van der Waals surface area contributed by atoms with Gasteiger partial charge in [-0.2, -0.15) is 0 Å². The van der Waals surface area contributed by atoms with Crippen LogP contribution in [0.15, 0.2) is 36.4 Å². The standard InChI is InChI=1S/C22H33BO3Si/c1-20(2,3)27(8,9)24-19-13-11-16-14-18(12-10-17(16)15-19)23-25-21(4,5)22(6,7)26-23/h10-15H,1-9H3. The number of fused-ring (bicyclic) bond motifs is 1. The summed E-state index contributed by atoms with van der Waals surface area (Å²) in [6.45, 7) is 19.7. The van der Waals surface area contributed by atoms with Crippen molar-refractivity contribution in [1.82, 2.24) is 0 Å².